The van der Waals surface area contributed by atoms with E-state index in [2.05, 4.69) is 25.1 Å². The molecule has 0 saturated heterocycles. The first-order chi connectivity index (χ1) is 13.9. The predicted octanol–water partition coefficient (Wildman–Crippen LogP) is 1.87. The summed E-state index contributed by atoms with van der Waals surface area (Å²) in [5, 5.41) is 7.40. The smallest absolute Gasteiger partial charge is 0.248 e. The molecule has 0 aliphatic heterocycles. The van der Waals surface area contributed by atoms with Crippen LogP contribution in [0.4, 0.5) is 17.6 Å². The zero-order valence-corrected chi connectivity index (χ0v) is 16.7. The first kappa shape index (κ1) is 18.9. The standard InChI is InChI=1S/C18H20N8O2S/c1-3-25-15-10-5-4-9-14(15)22-18(25)26-16(19)23-17(24-26)21-12-7-6-8-13(11-12)29(27,28)20-2/h4-11,20H,3H2,1-2H3,(H3,19,21,23,24). The Hall–Kier alpha value is -3.44. The molecule has 150 valence electrons. The molecule has 10 nitrogen and oxygen atoms in total. The van der Waals surface area contributed by atoms with Gasteiger partial charge in [-0.15, -0.1) is 5.10 Å². The van der Waals surface area contributed by atoms with Crippen LogP contribution in [-0.2, 0) is 16.6 Å². The Labute approximate surface area is 167 Å². The highest BCUT2D eigenvalue weighted by Gasteiger charge is 2.17. The summed E-state index contributed by atoms with van der Waals surface area (Å²) in [4.78, 5) is 8.99. The Morgan fingerprint density at radius 1 is 1.10 bits per heavy atom. The topological polar surface area (TPSA) is 133 Å². The van der Waals surface area contributed by atoms with E-state index in [9.17, 15) is 8.42 Å². The minimum atomic E-state index is -3.56. The molecule has 11 heteroatoms. The van der Waals surface area contributed by atoms with Crippen molar-refractivity contribution in [2.75, 3.05) is 18.1 Å². The fourth-order valence-electron chi connectivity index (χ4n) is 3.05. The quantitative estimate of drug-likeness (QED) is 0.440. The second-order valence-corrected chi connectivity index (χ2v) is 8.10. The number of nitrogens with one attached hydrogen (secondary N) is 2. The first-order valence-electron chi connectivity index (χ1n) is 8.91. The molecule has 0 atom stereocenters. The van der Waals surface area contributed by atoms with Gasteiger partial charge in [-0.05, 0) is 44.3 Å². The molecule has 0 fully saturated rings. The SMILES string of the molecule is CCn1c(-n2nc(Nc3cccc(S(=O)(=O)NC)c3)nc2N)nc2ccccc21. The van der Waals surface area contributed by atoms with Gasteiger partial charge in [-0.25, -0.2) is 18.1 Å². The van der Waals surface area contributed by atoms with Crippen LogP contribution in [0.5, 0.6) is 0 Å². The van der Waals surface area contributed by atoms with E-state index in [1.54, 1.807) is 12.1 Å². The largest absolute Gasteiger partial charge is 0.368 e. The number of nitrogens with zero attached hydrogens (tertiary/aromatic N) is 5. The molecule has 0 saturated carbocycles. The van der Waals surface area contributed by atoms with Crippen molar-refractivity contribution in [2.45, 2.75) is 18.4 Å². The number of aromatic nitrogens is 5. The molecule has 0 bridgehead atoms. The number of rotatable bonds is 6. The Morgan fingerprint density at radius 3 is 2.66 bits per heavy atom. The van der Waals surface area contributed by atoms with Crippen LogP contribution in [0.15, 0.2) is 53.4 Å². The van der Waals surface area contributed by atoms with E-state index in [0.29, 0.717) is 18.2 Å². The van der Waals surface area contributed by atoms with Gasteiger partial charge in [0, 0.05) is 12.2 Å². The van der Waals surface area contributed by atoms with Gasteiger partial charge in [0.1, 0.15) is 0 Å². The van der Waals surface area contributed by atoms with Gasteiger partial charge in [0.15, 0.2) is 0 Å². The van der Waals surface area contributed by atoms with E-state index in [0.717, 1.165) is 11.0 Å². The molecule has 4 aromatic rings. The Bertz CT molecular complexity index is 1290. The number of para-hydroxylation sites is 2. The van der Waals surface area contributed by atoms with E-state index in [4.69, 9.17) is 5.73 Å². The Balaban J connectivity index is 1.71. The average molecular weight is 412 g/mol. The second-order valence-electron chi connectivity index (χ2n) is 6.21. The fourth-order valence-corrected chi connectivity index (χ4v) is 3.82. The molecule has 0 aliphatic rings. The molecule has 0 spiro atoms. The number of hydrogen-bond donors (Lipinski definition) is 3. The number of nitrogen functional groups attached to an aromatic ring is 1. The summed E-state index contributed by atoms with van der Waals surface area (Å²) < 4.78 is 29.7. The van der Waals surface area contributed by atoms with Crippen LogP contribution in [0.2, 0.25) is 0 Å². The second kappa shape index (κ2) is 7.18. The first-order valence-corrected chi connectivity index (χ1v) is 10.4. The molecule has 4 rings (SSSR count). The molecule has 0 aliphatic carbocycles. The van der Waals surface area contributed by atoms with Gasteiger partial charge in [-0.2, -0.15) is 9.67 Å². The lowest BCUT2D eigenvalue weighted by atomic mass is 10.3. The predicted molar refractivity (Wildman–Crippen MR) is 111 cm³/mol. The van der Waals surface area contributed by atoms with Crippen molar-refractivity contribution in [3.8, 4) is 5.95 Å². The molecule has 0 amide bonds. The Morgan fingerprint density at radius 2 is 1.90 bits per heavy atom. The van der Waals surface area contributed by atoms with E-state index < -0.39 is 10.0 Å². The van der Waals surface area contributed by atoms with Crippen LogP contribution in [-0.4, -0.2) is 39.8 Å². The van der Waals surface area contributed by atoms with Crippen molar-refractivity contribution in [2.24, 2.45) is 0 Å². The average Bonchev–Trinajstić information content (AvgIpc) is 3.27. The minimum Gasteiger partial charge on any atom is -0.368 e. The third kappa shape index (κ3) is 3.41. The molecular formula is C18H20N8O2S. The maximum atomic E-state index is 12.0. The van der Waals surface area contributed by atoms with Crippen molar-refractivity contribution in [1.29, 1.82) is 0 Å². The summed E-state index contributed by atoms with van der Waals surface area (Å²) in [5.41, 5.74) is 8.40. The lowest BCUT2D eigenvalue weighted by Crippen LogP contribution is -2.18. The van der Waals surface area contributed by atoms with Gasteiger partial charge in [0.05, 0.1) is 15.9 Å². The zero-order valence-electron chi connectivity index (χ0n) is 15.9. The van der Waals surface area contributed by atoms with Crippen LogP contribution in [0.25, 0.3) is 17.0 Å². The van der Waals surface area contributed by atoms with Gasteiger partial charge >= 0.3 is 0 Å². The number of benzene rings is 2. The number of aryl methyl sites for hydroxylation is 1. The minimum absolute atomic E-state index is 0.130. The summed E-state index contributed by atoms with van der Waals surface area (Å²) in [6.07, 6.45) is 0. The number of hydrogen-bond acceptors (Lipinski definition) is 7. The van der Waals surface area contributed by atoms with Crippen LogP contribution in [0, 0.1) is 0 Å². The highest BCUT2D eigenvalue weighted by molar-refractivity contribution is 7.89. The summed E-state index contributed by atoms with van der Waals surface area (Å²) in [7, 11) is -2.20. The third-order valence-corrected chi connectivity index (χ3v) is 5.85. The van der Waals surface area contributed by atoms with E-state index in [1.165, 1.54) is 23.9 Å². The van der Waals surface area contributed by atoms with Gasteiger partial charge in [-0.1, -0.05) is 18.2 Å². The van der Waals surface area contributed by atoms with Gasteiger partial charge in [0.2, 0.25) is 27.9 Å². The number of fused-ring (bicyclic) bond motifs is 1. The van der Waals surface area contributed by atoms with E-state index >= 15 is 0 Å². The van der Waals surface area contributed by atoms with Crippen LogP contribution >= 0.6 is 0 Å². The summed E-state index contributed by atoms with van der Waals surface area (Å²) >= 11 is 0. The monoisotopic (exact) mass is 412 g/mol. The summed E-state index contributed by atoms with van der Waals surface area (Å²) in [6.45, 7) is 2.69. The van der Waals surface area contributed by atoms with Gasteiger partial charge in [-0.3, -0.25) is 0 Å². The van der Waals surface area contributed by atoms with Crippen molar-refractivity contribution in [1.82, 2.24) is 29.0 Å². The van der Waals surface area contributed by atoms with Crippen LogP contribution in [0.1, 0.15) is 6.92 Å². The van der Waals surface area contributed by atoms with E-state index in [1.807, 2.05) is 35.8 Å². The number of imidazole rings is 1. The number of nitrogens with two attached hydrogens (primary N) is 1. The highest BCUT2D eigenvalue weighted by Crippen LogP contribution is 2.23. The van der Waals surface area contributed by atoms with Gasteiger partial charge < -0.3 is 15.6 Å². The normalized spacial score (nSPS) is 11.8. The molecular weight excluding hydrogens is 392 g/mol. The molecule has 2 aromatic heterocycles. The van der Waals surface area contributed by atoms with Crippen molar-refractivity contribution in [3.63, 3.8) is 0 Å². The molecule has 29 heavy (non-hydrogen) atoms. The molecule has 2 aromatic carbocycles. The molecule has 0 unspecified atom stereocenters. The van der Waals surface area contributed by atoms with Crippen LogP contribution < -0.4 is 15.8 Å². The number of sulfonamides is 1. The zero-order chi connectivity index (χ0) is 20.6. The lowest BCUT2D eigenvalue weighted by Gasteiger charge is -2.06. The maximum absolute atomic E-state index is 12.0. The number of anilines is 3. The van der Waals surface area contributed by atoms with Gasteiger partial charge in [0.25, 0.3) is 0 Å². The fraction of sp³-hybridized carbons (Fsp3) is 0.167. The lowest BCUT2D eigenvalue weighted by molar-refractivity contribution is 0.588. The van der Waals surface area contributed by atoms with Crippen molar-refractivity contribution in [3.05, 3.63) is 48.5 Å². The Kier molecular flexibility index (Phi) is 4.68. The van der Waals surface area contributed by atoms with Crippen molar-refractivity contribution >= 4 is 38.6 Å². The molecule has 4 N–H and O–H groups in total. The summed E-state index contributed by atoms with van der Waals surface area (Å²) in [6, 6.07) is 14.1. The third-order valence-electron chi connectivity index (χ3n) is 4.44. The van der Waals surface area contributed by atoms with E-state index in [-0.39, 0.29) is 16.8 Å². The summed E-state index contributed by atoms with van der Waals surface area (Å²) in [5.74, 6) is 0.950. The molecule has 0 radical (unpaired) electrons. The highest BCUT2D eigenvalue weighted by atomic mass is 32.2. The van der Waals surface area contributed by atoms with Crippen LogP contribution in [0.3, 0.4) is 0 Å². The van der Waals surface area contributed by atoms with Crippen molar-refractivity contribution < 1.29 is 8.42 Å². The molecule has 2 heterocycles. The maximum Gasteiger partial charge on any atom is 0.248 e.